The Morgan fingerprint density at radius 2 is 1.28 bits per heavy atom. The first-order chi connectivity index (χ1) is 8.56. The Labute approximate surface area is 112 Å². The minimum absolute atomic E-state index is 0.779. The van der Waals surface area contributed by atoms with E-state index in [1.165, 1.54) is 57.8 Å². The van der Waals surface area contributed by atoms with Crippen LogP contribution in [0.3, 0.4) is 0 Å². The lowest BCUT2D eigenvalue weighted by molar-refractivity contribution is 0.386. The number of hydrogen-bond acceptors (Lipinski definition) is 1. The molecule has 108 valence electrons. The highest BCUT2D eigenvalue weighted by Crippen LogP contribution is 2.36. The third kappa shape index (κ3) is 15.9. The molecule has 0 aromatic heterocycles. The van der Waals surface area contributed by atoms with Gasteiger partial charge in [0.25, 0.3) is 0 Å². The first kappa shape index (κ1) is 17.9. The highest BCUT2D eigenvalue weighted by Gasteiger charge is 2.03. The number of rotatable bonds is 12. The van der Waals surface area contributed by atoms with Crippen LogP contribution in [0.2, 0.25) is 0 Å². The van der Waals surface area contributed by atoms with Gasteiger partial charge >= 0.3 is 7.60 Å². The van der Waals surface area contributed by atoms with Crippen molar-refractivity contribution in [3.8, 4) is 0 Å². The average Bonchev–Trinajstić information content (AvgIpc) is 2.29. The SMILES string of the molecule is CCCCCCCCCCCC/C=C/P(=O)(O)O. The van der Waals surface area contributed by atoms with Crippen molar-refractivity contribution < 1.29 is 14.4 Å². The van der Waals surface area contributed by atoms with Crippen LogP contribution in [0.5, 0.6) is 0 Å². The molecule has 18 heavy (non-hydrogen) atoms. The molecule has 0 saturated heterocycles. The van der Waals surface area contributed by atoms with Crippen molar-refractivity contribution in [1.82, 2.24) is 0 Å². The molecule has 0 saturated carbocycles. The van der Waals surface area contributed by atoms with Gasteiger partial charge in [0.15, 0.2) is 0 Å². The van der Waals surface area contributed by atoms with Crippen LogP contribution in [0.1, 0.15) is 77.6 Å². The standard InChI is InChI=1S/C14H29O3P/c1-2-3-4-5-6-7-8-9-10-11-12-13-14-18(15,16)17/h13-14H,2-12H2,1H3,(H2,15,16,17)/b14-13+. The Kier molecular flexibility index (Phi) is 11.9. The fraction of sp³-hybridized carbons (Fsp3) is 0.857. The Hall–Kier alpha value is -0.110. The van der Waals surface area contributed by atoms with Gasteiger partial charge < -0.3 is 9.79 Å². The van der Waals surface area contributed by atoms with Crippen molar-refractivity contribution >= 4 is 7.60 Å². The zero-order chi connectivity index (χ0) is 13.7. The summed E-state index contributed by atoms with van der Waals surface area (Å²) in [7, 11) is -3.93. The fourth-order valence-corrected chi connectivity index (χ4v) is 2.39. The second-order valence-corrected chi connectivity index (χ2v) is 6.42. The molecule has 0 aliphatic rings. The van der Waals surface area contributed by atoms with Crippen LogP contribution < -0.4 is 0 Å². The molecule has 0 aromatic rings. The van der Waals surface area contributed by atoms with Crippen LogP contribution in [0.4, 0.5) is 0 Å². The molecule has 0 aliphatic carbocycles. The Balaban J connectivity index is 3.12. The predicted octanol–water partition coefficient (Wildman–Crippen LogP) is 4.99. The van der Waals surface area contributed by atoms with Crippen molar-refractivity contribution in [3.05, 3.63) is 11.9 Å². The Morgan fingerprint density at radius 1 is 0.833 bits per heavy atom. The monoisotopic (exact) mass is 276 g/mol. The molecule has 3 nitrogen and oxygen atoms in total. The summed E-state index contributed by atoms with van der Waals surface area (Å²) in [4.78, 5) is 17.2. The van der Waals surface area contributed by atoms with Crippen LogP contribution in [0.25, 0.3) is 0 Å². The summed E-state index contributed by atoms with van der Waals surface area (Å²) in [6.45, 7) is 2.24. The predicted molar refractivity (Wildman–Crippen MR) is 77.6 cm³/mol. The van der Waals surface area contributed by atoms with Crippen molar-refractivity contribution in [2.45, 2.75) is 77.6 Å². The molecular weight excluding hydrogens is 247 g/mol. The van der Waals surface area contributed by atoms with Gasteiger partial charge in [-0.05, 0) is 12.8 Å². The molecule has 2 N–H and O–H groups in total. The lowest BCUT2D eigenvalue weighted by Gasteiger charge is -2.01. The molecular formula is C14H29O3P. The van der Waals surface area contributed by atoms with Crippen LogP contribution in [-0.2, 0) is 4.57 Å². The van der Waals surface area contributed by atoms with E-state index in [-0.39, 0.29) is 0 Å². The van der Waals surface area contributed by atoms with Crippen LogP contribution >= 0.6 is 7.60 Å². The summed E-state index contributed by atoms with van der Waals surface area (Å²) in [6.07, 6.45) is 15.3. The molecule has 0 bridgehead atoms. The molecule has 0 amide bonds. The van der Waals surface area contributed by atoms with Gasteiger partial charge in [-0.25, -0.2) is 0 Å². The first-order valence-electron chi connectivity index (χ1n) is 7.29. The van der Waals surface area contributed by atoms with Gasteiger partial charge in [-0.3, -0.25) is 4.57 Å². The molecule has 0 unspecified atom stereocenters. The summed E-state index contributed by atoms with van der Waals surface area (Å²) in [5.41, 5.74) is 0. The zero-order valence-corrected chi connectivity index (χ0v) is 12.6. The van der Waals surface area contributed by atoms with Gasteiger partial charge in [0.1, 0.15) is 0 Å². The van der Waals surface area contributed by atoms with Gasteiger partial charge in [0.2, 0.25) is 0 Å². The molecule has 0 heterocycles. The largest absolute Gasteiger partial charge is 0.348 e. The van der Waals surface area contributed by atoms with Crippen molar-refractivity contribution in [2.24, 2.45) is 0 Å². The summed E-state index contributed by atoms with van der Waals surface area (Å²) >= 11 is 0. The lowest BCUT2D eigenvalue weighted by atomic mass is 10.1. The van der Waals surface area contributed by atoms with Crippen molar-refractivity contribution in [3.63, 3.8) is 0 Å². The minimum atomic E-state index is -3.93. The van der Waals surface area contributed by atoms with Crippen LogP contribution in [0.15, 0.2) is 11.9 Å². The lowest BCUT2D eigenvalue weighted by Crippen LogP contribution is -1.81. The first-order valence-corrected chi connectivity index (χ1v) is 8.97. The van der Waals surface area contributed by atoms with E-state index >= 15 is 0 Å². The van der Waals surface area contributed by atoms with Gasteiger partial charge in [0, 0.05) is 5.82 Å². The summed E-state index contributed by atoms with van der Waals surface area (Å²) < 4.78 is 10.5. The maximum atomic E-state index is 10.5. The minimum Gasteiger partial charge on any atom is -0.321 e. The van der Waals surface area contributed by atoms with E-state index in [1.54, 1.807) is 6.08 Å². The zero-order valence-electron chi connectivity index (χ0n) is 11.7. The third-order valence-electron chi connectivity index (χ3n) is 3.02. The van der Waals surface area contributed by atoms with E-state index < -0.39 is 7.60 Å². The fourth-order valence-electron chi connectivity index (χ4n) is 1.96. The van der Waals surface area contributed by atoms with E-state index in [4.69, 9.17) is 9.79 Å². The summed E-state index contributed by atoms with van der Waals surface area (Å²) in [5, 5.41) is 0. The van der Waals surface area contributed by atoms with E-state index in [9.17, 15) is 4.57 Å². The highest BCUT2D eigenvalue weighted by atomic mass is 31.2. The van der Waals surface area contributed by atoms with Crippen LogP contribution in [-0.4, -0.2) is 9.79 Å². The molecule has 0 radical (unpaired) electrons. The topological polar surface area (TPSA) is 57.5 Å². The smallest absolute Gasteiger partial charge is 0.321 e. The molecule has 0 spiro atoms. The summed E-state index contributed by atoms with van der Waals surface area (Å²) in [6, 6.07) is 0. The summed E-state index contributed by atoms with van der Waals surface area (Å²) in [5.74, 6) is 1.01. The van der Waals surface area contributed by atoms with E-state index in [0.29, 0.717) is 0 Å². The normalized spacial score (nSPS) is 12.4. The van der Waals surface area contributed by atoms with E-state index in [1.807, 2.05) is 0 Å². The molecule has 0 aromatic carbocycles. The van der Waals surface area contributed by atoms with E-state index in [0.717, 1.165) is 18.7 Å². The molecule has 0 aliphatic heterocycles. The van der Waals surface area contributed by atoms with Gasteiger partial charge in [-0.1, -0.05) is 70.8 Å². The second kappa shape index (κ2) is 12.0. The van der Waals surface area contributed by atoms with Crippen molar-refractivity contribution in [2.75, 3.05) is 0 Å². The van der Waals surface area contributed by atoms with E-state index in [2.05, 4.69) is 6.92 Å². The maximum Gasteiger partial charge on any atom is 0.348 e. The molecule has 4 heteroatoms. The Morgan fingerprint density at radius 3 is 1.72 bits per heavy atom. The number of unbranched alkanes of at least 4 members (excludes halogenated alkanes) is 10. The second-order valence-electron chi connectivity index (χ2n) is 4.94. The third-order valence-corrected chi connectivity index (χ3v) is 3.62. The maximum absolute atomic E-state index is 10.5. The average molecular weight is 276 g/mol. The highest BCUT2D eigenvalue weighted by molar-refractivity contribution is 7.55. The number of allylic oxidation sites excluding steroid dienone is 1. The molecule has 0 atom stereocenters. The van der Waals surface area contributed by atoms with Gasteiger partial charge in [-0.2, -0.15) is 0 Å². The van der Waals surface area contributed by atoms with Crippen LogP contribution in [0, 0.1) is 0 Å². The molecule has 0 fully saturated rings. The van der Waals surface area contributed by atoms with Gasteiger partial charge in [-0.15, -0.1) is 0 Å². The number of hydrogen-bond donors (Lipinski definition) is 2. The van der Waals surface area contributed by atoms with Crippen molar-refractivity contribution in [1.29, 1.82) is 0 Å². The Bertz CT molecular complexity index is 245. The quantitative estimate of drug-likeness (QED) is 0.390. The van der Waals surface area contributed by atoms with Gasteiger partial charge in [0.05, 0.1) is 0 Å². The molecule has 0 rings (SSSR count).